The fourth-order valence-electron chi connectivity index (χ4n) is 3.50. The van der Waals surface area contributed by atoms with Gasteiger partial charge in [-0.15, -0.1) is 11.8 Å². The normalized spacial score (nSPS) is 19.0. The number of rotatable bonds is 8. The Labute approximate surface area is 233 Å². The van der Waals surface area contributed by atoms with E-state index in [1.54, 1.807) is 29.1 Å². The van der Waals surface area contributed by atoms with Gasteiger partial charge in [0.2, 0.25) is 16.7 Å². The summed E-state index contributed by atoms with van der Waals surface area (Å²) in [5.74, 6) is -2.92. The van der Waals surface area contributed by atoms with Crippen LogP contribution in [0.1, 0.15) is 5.82 Å². The molecule has 0 bridgehead atoms. The van der Waals surface area contributed by atoms with Gasteiger partial charge in [-0.2, -0.15) is 9.36 Å². The molecule has 2 atom stereocenters. The van der Waals surface area contributed by atoms with E-state index in [0.29, 0.717) is 22.9 Å². The molecule has 1 unspecified atom stereocenters. The van der Waals surface area contributed by atoms with Crippen molar-refractivity contribution in [3.05, 3.63) is 47.7 Å². The first kappa shape index (κ1) is 27.5. The molecule has 1 fully saturated rings. The van der Waals surface area contributed by atoms with Gasteiger partial charge in [-0.1, -0.05) is 11.2 Å². The number of pyridine rings is 1. The van der Waals surface area contributed by atoms with Gasteiger partial charge in [0.15, 0.2) is 18.9 Å². The largest absolute Gasteiger partial charge is 1.00 e. The van der Waals surface area contributed by atoms with Crippen LogP contribution in [0.2, 0.25) is 0 Å². The minimum atomic E-state index is -1.61. The summed E-state index contributed by atoms with van der Waals surface area (Å²) in [5, 5.41) is 29.7. The molecule has 2 aromatic heterocycles. The number of hydrogen-bond donors (Lipinski definition) is 2. The first-order valence-corrected chi connectivity index (χ1v) is 11.7. The van der Waals surface area contributed by atoms with Crippen LogP contribution >= 0.6 is 23.3 Å². The number of aromatic nitrogens is 3. The second-order valence-corrected chi connectivity index (χ2v) is 8.96. The van der Waals surface area contributed by atoms with E-state index in [0.717, 1.165) is 4.90 Å². The number of thioether (sulfide) groups is 1. The van der Waals surface area contributed by atoms with Crippen LogP contribution in [-0.4, -0.2) is 68.1 Å². The molecule has 4 heterocycles. The van der Waals surface area contributed by atoms with Crippen molar-refractivity contribution in [3.63, 3.8) is 0 Å². The summed E-state index contributed by atoms with van der Waals surface area (Å²) in [6.45, 7) is 0.257. The zero-order chi connectivity index (χ0) is 25.1. The molecule has 0 radical (unpaired) electrons. The maximum absolute atomic E-state index is 12.9. The molecule has 3 amide bonds. The maximum atomic E-state index is 12.9. The SMILES string of the molecule is CON=C(C(=O)NC1C(=O)N2C(C(=O)[O-])=C(C[n+]3ccccc3)CS[C@H]12)c1nsc(NC(=O)[O-])n1.[Na+]. The molecule has 14 nitrogen and oxygen atoms in total. The van der Waals surface area contributed by atoms with Gasteiger partial charge in [0.25, 0.3) is 11.8 Å². The first-order chi connectivity index (χ1) is 16.8. The Bertz CT molecular complexity index is 1250. The van der Waals surface area contributed by atoms with Crippen molar-refractivity contribution < 1.29 is 68.4 Å². The van der Waals surface area contributed by atoms with Crippen LogP contribution in [0.15, 0.2) is 47.0 Å². The monoisotopic (exact) mass is 541 g/mol. The average molecular weight is 542 g/mol. The summed E-state index contributed by atoms with van der Waals surface area (Å²) in [5.41, 5.74) is -0.119. The van der Waals surface area contributed by atoms with Crippen molar-refractivity contribution in [1.82, 2.24) is 19.6 Å². The second kappa shape index (κ2) is 11.8. The Balaban J connectivity index is 0.00000361. The number of fused-ring (bicyclic) bond motifs is 1. The molecule has 17 heteroatoms. The maximum Gasteiger partial charge on any atom is 1.00 e. The Kier molecular flexibility index (Phi) is 9.02. The summed E-state index contributed by atoms with van der Waals surface area (Å²) in [4.78, 5) is 57.9. The zero-order valence-corrected chi connectivity index (χ0v) is 22.5. The predicted molar refractivity (Wildman–Crippen MR) is 116 cm³/mol. The van der Waals surface area contributed by atoms with Gasteiger partial charge in [0, 0.05) is 35.0 Å². The Morgan fingerprint density at radius 2 is 2.00 bits per heavy atom. The topological polar surface area (TPSA) is 193 Å². The van der Waals surface area contributed by atoms with Crippen molar-refractivity contribution in [3.8, 4) is 0 Å². The summed E-state index contributed by atoms with van der Waals surface area (Å²) in [6, 6.07) is 4.37. The second-order valence-electron chi connectivity index (χ2n) is 7.11. The minimum Gasteiger partial charge on any atom is -0.543 e. The van der Waals surface area contributed by atoms with E-state index < -0.39 is 41.0 Å². The number of β-lactam (4-membered cyclic amide) rings is 1. The number of carboxylic acids is 1. The van der Waals surface area contributed by atoms with Crippen molar-refractivity contribution in [2.45, 2.75) is 18.0 Å². The molecule has 0 aromatic carbocycles. The molecule has 0 spiro atoms. The molecule has 0 saturated carbocycles. The summed E-state index contributed by atoms with van der Waals surface area (Å²) in [6.07, 6.45) is 1.93. The standard InChI is InChI=1S/C19H17N7O7S2.Na/c1-33-23-10(13-21-18(35-24-13)22-19(31)32)14(27)20-11-15(28)26-12(17(29)30)9(8-34-16(11)26)7-25-5-3-2-4-6-25;/h2-6,11,16H,7-8H2,1H3,(H3-,20,21,22,24,27,29,30,31,32);/q;+1/p-1/t11?,16-;/m1./s1. The zero-order valence-electron chi connectivity index (χ0n) is 18.9. The quantitative estimate of drug-likeness (QED) is 0.107. The molecular weight excluding hydrogens is 525 g/mol. The molecule has 182 valence electrons. The van der Waals surface area contributed by atoms with Crippen LogP contribution < -0.4 is 55.0 Å². The number of carbonyl (C=O) groups excluding carboxylic acids is 4. The molecule has 4 rings (SSSR count). The Morgan fingerprint density at radius 3 is 2.64 bits per heavy atom. The molecule has 2 aromatic rings. The third kappa shape index (κ3) is 5.67. The van der Waals surface area contributed by atoms with Gasteiger partial charge in [-0.05, 0) is 0 Å². The van der Waals surface area contributed by atoms with Crippen LogP contribution in [0.25, 0.3) is 0 Å². The van der Waals surface area contributed by atoms with Crippen molar-refractivity contribution in [2.24, 2.45) is 5.16 Å². The fraction of sp³-hybridized carbons (Fsp3) is 0.263. The average Bonchev–Trinajstić information content (AvgIpc) is 3.28. The Morgan fingerprint density at radius 1 is 1.28 bits per heavy atom. The van der Waals surface area contributed by atoms with Crippen LogP contribution in [0.3, 0.4) is 0 Å². The van der Waals surface area contributed by atoms with E-state index in [1.807, 2.05) is 11.4 Å². The first-order valence-electron chi connectivity index (χ1n) is 9.86. The smallest absolute Gasteiger partial charge is 0.543 e. The minimum absolute atomic E-state index is 0. The van der Waals surface area contributed by atoms with Crippen LogP contribution in [-0.2, 0) is 25.8 Å². The van der Waals surface area contributed by atoms with Gasteiger partial charge in [-0.25, -0.2) is 4.57 Å². The number of aliphatic carboxylic acids is 1. The third-order valence-corrected chi connectivity index (χ3v) is 6.89. The van der Waals surface area contributed by atoms with E-state index in [9.17, 15) is 29.4 Å². The number of nitrogens with zero attached hydrogens (tertiary/aromatic N) is 5. The predicted octanol–water partition coefficient (Wildman–Crippen LogP) is -5.96. The fourth-order valence-corrected chi connectivity index (χ4v) is 5.39. The number of hydrogen-bond acceptors (Lipinski definition) is 12. The van der Waals surface area contributed by atoms with E-state index in [-0.39, 0.29) is 52.8 Å². The van der Waals surface area contributed by atoms with E-state index in [2.05, 4.69) is 24.7 Å². The van der Waals surface area contributed by atoms with E-state index in [4.69, 9.17) is 0 Å². The van der Waals surface area contributed by atoms with Gasteiger partial charge in [0.1, 0.15) is 24.6 Å². The molecular formula is C19H16N7NaO7S2. The van der Waals surface area contributed by atoms with Crippen LogP contribution in [0, 0.1) is 0 Å². The molecule has 36 heavy (non-hydrogen) atoms. The number of amides is 3. The molecule has 2 aliphatic heterocycles. The summed E-state index contributed by atoms with van der Waals surface area (Å²) >= 11 is 1.93. The third-order valence-electron chi connectivity index (χ3n) is 4.92. The van der Waals surface area contributed by atoms with Gasteiger partial charge in [0.05, 0.1) is 11.7 Å². The molecule has 1 saturated heterocycles. The van der Waals surface area contributed by atoms with Crippen molar-refractivity contribution >= 4 is 58.0 Å². The van der Waals surface area contributed by atoms with Crippen molar-refractivity contribution in [2.75, 3.05) is 18.2 Å². The number of carbonyl (C=O) groups is 4. The Hall–Kier alpha value is -3.05. The molecule has 2 N–H and O–H groups in total. The number of carboxylic acid groups (broad SMARTS) is 2. The van der Waals surface area contributed by atoms with Crippen LogP contribution in [0.4, 0.5) is 9.93 Å². The van der Waals surface area contributed by atoms with Gasteiger partial charge < -0.3 is 35.3 Å². The number of nitrogens with one attached hydrogen (secondary N) is 2. The number of anilines is 1. The molecule has 0 aliphatic carbocycles. The van der Waals surface area contributed by atoms with Crippen LogP contribution in [0.5, 0.6) is 0 Å². The van der Waals surface area contributed by atoms with Crippen molar-refractivity contribution in [1.29, 1.82) is 0 Å². The number of oxime groups is 1. The van der Waals surface area contributed by atoms with E-state index in [1.165, 1.54) is 18.9 Å². The van der Waals surface area contributed by atoms with E-state index >= 15 is 0 Å². The van der Waals surface area contributed by atoms with Gasteiger partial charge >= 0.3 is 29.6 Å². The summed E-state index contributed by atoms with van der Waals surface area (Å²) < 4.78 is 5.63. The van der Waals surface area contributed by atoms with Gasteiger partial charge in [-0.3, -0.25) is 14.5 Å². The summed E-state index contributed by atoms with van der Waals surface area (Å²) in [7, 11) is 1.18. The molecule has 2 aliphatic rings.